The van der Waals surface area contributed by atoms with E-state index in [1.807, 2.05) is 6.07 Å². The highest BCUT2D eigenvalue weighted by Gasteiger charge is 2.35. The molecular weight excluding hydrogens is 330 g/mol. The van der Waals surface area contributed by atoms with Gasteiger partial charge in [-0.25, -0.2) is 0 Å². The van der Waals surface area contributed by atoms with Crippen molar-refractivity contribution in [3.63, 3.8) is 0 Å². The minimum Gasteiger partial charge on any atom is -0.865 e. The standard InChI is InChI=1S/C15H13N5O5/c1-6-11-12(8(5-16)14(17)25-15(11)19-18-6)7-3-9(20(22)23)13(21)10(4-7)24-2/h3-4,12,21H,17H2,1-2H3,(H,18,19)/p-1/t12-/m1/s1. The van der Waals surface area contributed by atoms with Crippen LogP contribution >= 0.6 is 0 Å². The van der Waals surface area contributed by atoms with Crippen molar-refractivity contribution in [3.05, 3.63) is 50.5 Å². The van der Waals surface area contributed by atoms with Gasteiger partial charge < -0.3 is 20.3 Å². The molecular formula is C15H12N5O5-. The number of aromatic amines is 1. The number of H-pyrrole nitrogens is 1. The number of nitriles is 1. The summed E-state index contributed by atoms with van der Waals surface area (Å²) in [5.74, 6) is -1.80. The number of aromatic nitrogens is 2. The number of aryl methyl sites for hydroxylation is 1. The van der Waals surface area contributed by atoms with Crippen LogP contribution in [0.2, 0.25) is 0 Å². The SMILES string of the molecule is COc1cc([C@@H]2C(C#N)=C(N)Oc3n[nH]c(C)c32)cc([N+](=O)[O-])c1[O-]. The van der Waals surface area contributed by atoms with Gasteiger partial charge in [-0.2, -0.15) is 5.26 Å². The molecule has 0 saturated carbocycles. The average Bonchev–Trinajstić information content (AvgIpc) is 2.94. The molecule has 3 N–H and O–H groups in total. The summed E-state index contributed by atoms with van der Waals surface area (Å²) in [5, 5.41) is 39.4. The van der Waals surface area contributed by atoms with E-state index in [-0.39, 0.29) is 23.1 Å². The van der Waals surface area contributed by atoms with Crippen LogP contribution in [0.5, 0.6) is 17.4 Å². The van der Waals surface area contributed by atoms with Crippen LogP contribution < -0.4 is 20.3 Å². The molecule has 0 radical (unpaired) electrons. The lowest BCUT2D eigenvalue weighted by Crippen LogP contribution is -2.21. The zero-order valence-corrected chi connectivity index (χ0v) is 13.2. The van der Waals surface area contributed by atoms with Crippen molar-refractivity contribution < 1.29 is 19.5 Å². The van der Waals surface area contributed by atoms with Gasteiger partial charge >= 0.3 is 0 Å². The smallest absolute Gasteiger partial charge is 0.265 e. The number of nitro benzene ring substituents is 1. The van der Waals surface area contributed by atoms with E-state index >= 15 is 0 Å². The molecule has 1 aliphatic rings. The summed E-state index contributed by atoms with van der Waals surface area (Å²) < 4.78 is 10.3. The van der Waals surface area contributed by atoms with E-state index in [0.717, 1.165) is 6.07 Å². The second-order valence-electron chi connectivity index (χ2n) is 5.32. The number of nitrogens with zero attached hydrogens (tertiary/aromatic N) is 3. The second-order valence-corrected chi connectivity index (χ2v) is 5.32. The molecule has 2 heterocycles. The van der Waals surface area contributed by atoms with Gasteiger partial charge in [0.05, 0.1) is 18.0 Å². The Morgan fingerprint density at radius 2 is 2.24 bits per heavy atom. The molecule has 10 heteroatoms. The first-order valence-corrected chi connectivity index (χ1v) is 7.04. The zero-order valence-electron chi connectivity index (χ0n) is 13.2. The van der Waals surface area contributed by atoms with Gasteiger partial charge in [0.1, 0.15) is 17.4 Å². The molecule has 3 rings (SSSR count). The predicted octanol–water partition coefficient (Wildman–Crippen LogP) is 0.927. The first-order valence-electron chi connectivity index (χ1n) is 7.04. The molecule has 1 aliphatic heterocycles. The van der Waals surface area contributed by atoms with Crippen molar-refractivity contribution in [2.75, 3.05) is 7.11 Å². The van der Waals surface area contributed by atoms with Crippen LogP contribution in [0.15, 0.2) is 23.6 Å². The molecule has 25 heavy (non-hydrogen) atoms. The Balaban J connectivity index is 2.31. The Bertz CT molecular complexity index is 956. The number of methoxy groups -OCH3 is 1. The van der Waals surface area contributed by atoms with Gasteiger partial charge in [-0.15, -0.1) is 5.10 Å². The van der Waals surface area contributed by atoms with E-state index in [9.17, 15) is 20.5 Å². The molecule has 1 aromatic heterocycles. The van der Waals surface area contributed by atoms with Crippen LogP contribution in [0.1, 0.15) is 22.7 Å². The Hall–Kier alpha value is -3.74. The van der Waals surface area contributed by atoms with E-state index < -0.39 is 22.3 Å². The highest BCUT2D eigenvalue weighted by Crippen LogP contribution is 2.46. The number of benzene rings is 1. The van der Waals surface area contributed by atoms with Crippen molar-refractivity contribution in [1.82, 2.24) is 10.2 Å². The fourth-order valence-electron chi connectivity index (χ4n) is 2.79. The molecule has 0 aliphatic carbocycles. The molecule has 0 amide bonds. The van der Waals surface area contributed by atoms with E-state index in [4.69, 9.17) is 15.2 Å². The van der Waals surface area contributed by atoms with Gasteiger partial charge in [0.15, 0.2) is 0 Å². The molecule has 0 fully saturated rings. The number of fused-ring (bicyclic) bond motifs is 1. The van der Waals surface area contributed by atoms with Crippen molar-refractivity contribution in [3.8, 4) is 23.4 Å². The van der Waals surface area contributed by atoms with Gasteiger partial charge in [-0.1, -0.05) is 0 Å². The number of ether oxygens (including phenoxy) is 2. The minimum atomic E-state index is -0.845. The quantitative estimate of drug-likeness (QED) is 0.614. The van der Waals surface area contributed by atoms with Crippen molar-refractivity contribution >= 4 is 5.69 Å². The molecule has 0 unspecified atom stereocenters. The summed E-state index contributed by atoms with van der Waals surface area (Å²) >= 11 is 0. The fourth-order valence-corrected chi connectivity index (χ4v) is 2.79. The number of rotatable bonds is 3. The zero-order chi connectivity index (χ0) is 18.3. The lowest BCUT2D eigenvalue weighted by atomic mass is 9.84. The Kier molecular flexibility index (Phi) is 3.69. The Morgan fingerprint density at radius 1 is 1.52 bits per heavy atom. The Morgan fingerprint density at radius 3 is 2.84 bits per heavy atom. The maximum absolute atomic E-state index is 12.0. The second kappa shape index (κ2) is 5.72. The fraction of sp³-hybridized carbons (Fsp3) is 0.200. The number of allylic oxidation sites excluding steroid dienone is 1. The van der Waals surface area contributed by atoms with Crippen molar-refractivity contribution in [2.45, 2.75) is 12.8 Å². The maximum atomic E-state index is 12.0. The first kappa shape index (κ1) is 16.1. The maximum Gasteiger partial charge on any atom is 0.265 e. The van der Waals surface area contributed by atoms with E-state index in [2.05, 4.69) is 10.2 Å². The summed E-state index contributed by atoms with van der Waals surface area (Å²) in [6.45, 7) is 1.71. The summed E-state index contributed by atoms with van der Waals surface area (Å²) in [6.07, 6.45) is 0. The normalized spacial score (nSPS) is 16.0. The summed E-state index contributed by atoms with van der Waals surface area (Å²) in [7, 11) is 1.23. The number of hydrogen-bond donors (Lipinski definition) is 2. The van der Waals surface area contributed by atoms with Crippen LogP contribution in [0, 0.1) is 28.4 Å². The van der Waals surface area contributed by atoms with Gasteiger partial charge in [0.25, 0.3) is 5.69 Å². The lowest BCUT2D eigenvalue weighted by molar-refractivity contribution is -0.398. The summed E-state index contributed by atoms with van der Waals surface area (Å²) in [5.41, 5.74) is 6.62. The highest BCUT2D eigenvalue weighted by atomic mass is 16.6. The number of nitro groups is 1. The van der Waals surface area contributed by atoms with Gasteiger partial charge in [-0.3, -0.25) is 15.2 Å². The van der Waals surface area contributed by atoms with E-state index in [1.165, 1.54) is 13.2 Å². The van der Waals surface area contributed by atoms with Gasteiger partial charge in [0.2, 0.25) is 11.8 Å². The average molecular weight is 342 g/mol. The third kappa shape index (κ3) is 2.38. The van der Waals surface area contributed by atoms with Crippen LogP contribution in [0.3, 0.4) is 0 Å². The van der Waals surface area contributed by atoms with Crippen LogP contribution in [-0.4, -0.2) is 22.2 Å². The minimum absolute atomic E-state index is 0.0620. The number of nitrogens with one attached hydrogen (secondary N) is 1. The highest BCUT2D eigenvalue weighted by molar-refractivity contribution is 5.62. The van der Waals surface area contributed by atoms with E-state index in [0.29, 0.717) is 16.8 Å². The molecule has 128 valence electrons. The van der Waals surface area contributed by atoms with Crippen LogP contribution in [0.25, 0.3) is 0 Å². The van der Waals surface area contributed by atoms with Crippen LogP contribution in [-0.2, 0) is 0 Å². The summed E-state index contributed by atoms with van der Waals surface area (Å²) in [6, 6.07) is 4.43. The third-order valence-electron chi connectivity index (χ3n) is 3.94. The molecule has 10 nitrogen and oxygen atoms in total. The largest absolute Gasteiger partial charge is 0.865 e. The van der Waals surface area contributed by atoms with Crippen molar-refractivity contribution in [1.29, 1.82) is 5.26 Å². The summed E-state index contributed by atoms with van der Waals surface area (Å²) in [4.78, 5) is 10.4. The molecule has 1 aromatic carbocycles. The Labute approximate surface area is 141 Å². The molecule has 2 aromatic rings. The van der Waals surface area contributed by atoms with Crippen molar-refractivity contribution in [2.24, 2.45) is 5.73 Å². The number of hydrogen-bond acceptors (Lipinski definition) is 8. The number of nitrogens with two attached hydrogens (primary N) is 1. The molecule has 0 saturated heterocycles. The third-order valence-corrected chi connectivity index (χ3v) is 3.94. The lowest BCUT2D eigenvalue weighted by Gasteiger charge is -2.25. The van der Waals surface area contributed by atoms with Gasteiger partial charge in [-0.05, 0) is 18.6 Å². The van der Waals surface area contributed by atoms with Gasteiger partial charge in [0, 0.05) is 23.1 Å². The van der Waals surface area contributed by atoms with Crippen LogP contribution in [0.4, 0.5) is 5.69 Å². The predicted molar refractivity (Wildman–Crippen MR) is 81.7 cm³/mol. The first-order chi connectivity index (χ1) is 11.9. The monoisotopic (exact) mass is 342 g/mol. The topological polar surface area (TPSA) is 163 Å². The molecule has 0 spiro atoms. The van der Waals surface area contributed by atoms with E-state index in [1.54, 1.807) is 6.92 Å². The molecule has 1 atom stereocenters. The molecule has 0 bridgehead atoms.